The summed E-state index contributed by atoms with van der Waals surface area (Å²) in [5, 5.41) is 2.25. The van der Waals surface area contributed by atoms with Crippen molar-refractivity contribution >= 4 is 34.8 Å². The van der Waals surface area contributed by atoms with Gasteiger partial charge in [-0.05, 0) is 48.9 Å². The number of hydroxylamine groups is 1. The van der Waals surface area contributed by atoms with Gasteiger partial charge in [-0.1, -0.05) is 59.6 Å². The Bertz CT molecular complexity index is 1100. The van der Waals surface area contributed by atoms with E-state index in [0.717, 1.165) is 16.8 Å². The third-order valence-corrected chi connectivity index (χ3v) is 5.88. The number of nitrogens with zero attached hydrogens (tertiary/aromatic N) is 2. The van der Waals surface area contributed by atoms with Crippen molar-refractivity contribution < 1.29 is 14.4 Å². The van der Waals surface area contributed by atoms with Crippen LogP contribution in [0.2, 0.25) is 5.02 Å². The Hall–Kier alpha value is -3.15. The standard InChI is InChI=1S/C24H19ClN2O3/c1-15-7-9-16(10-8-15)21-20-22(30-27(21)19-5-3-2-4-6-19)24(29)26(23(20)28)18-13-11-17(25)12-14-18/h2-14,20-22H,1H3/t20-,21+,22-/m0/s1. The van der Waals surface area contributed by atoms with Crippen LogP contribution in [0.5, 0.6) is 0 Å². The predicted molar refractivity (Wildman–Crippen MR) is 115 cm³/mol. The van der Waals surface area contributed by atoms with Gasteiger partial charge < -0.3 is 0 Å². The molecule has 3 atom stereocenters. The van der Waals surface area contributed by atoms with Gasteiger partial charge in [0.05, 0.1) is 17.4 Å². The third kappa shape index (κ3) is 2.98. The van der Waals surface area contributed by atoms with Gasteiger partial charge in [0.15, 0.2) is 6.10 Å². The molecule has 30 heavy (non-hydrogen) atoms. The Morgan fingerprint density at radius 3 is 2.13 bits per heavy atom. The normalized spacial score (nSPS) is 23.2. The van der Waals surface area contributed by atoms with Crippen LogP contribution in [0.15, 0.2) is 78.9 Å². The number of anilines is 2. The lowest BCUT2D eigenvalue weighted by Gasteiger charge is -2.28. The minimum Gasteiger partial charge on any atom is -0.273 e. The minimum atomic E-state index is -0.875. The van der Waals surface area contributed by atoms with Crippen molar-refractivity contribution in [1.29, 1.82) is 0 Å². The second-order valence-electron chi connectivity index (χ2n) is 7.56. The highest BCUT2D eigenvalue weighted by Crippen LogP contribution is 2.47. The number of para-hydroxylation sites is 1. The van der Waals surface area contributed by atoms with Gasteiger partial charge in [-0.2, -0.15) is 0 Å². The molecular weight excluding hydrogens is 400 g/mol. The first kappa shape index (κ1) is 18.9. The van der Waals surface area contributed by atoms with Crippen molar-refractivity contribution in [2.75, 3.05) is 9.96 Å². The van der Waals surface area contributed by atoms with Gasteiger partial charge in [-0.15, -0.1) is 0 Å². The summed E-state index contributed by atoms with van der Waals surface area (Å²) in [7, 11) is 0. The van der Waals surface area contributed by atoms with Gasteiger partial charge in [-0.3, -0.25) is 14.4 Å². The smallest absolute Gasteiger partial charge is 0.266 e. The van der Waals surface area contributed by atoms with Gasteiger partial charge in [-0.25, -0.2) is 9.96 Å². The molecule has 5 rings (SSSR count). The van der Waals surface area contributed by atoms with E-state index >= 15 is 0 Å². The molecule has 6 heteroatoms. The molecule has 5 nitrogen and oxygen atoms in total. The maximum atomic E-state index is 13.5. The molecule has 150 valence electrons. The van der Waals surface area contributed by atoms with Crippen LogP contribution in [-0.4, -0.2) is 17.9 Å². The minimum absolute atomic E-state index is 0.267. The number of hydrogen-bond donors (Lipinski definition) is 0. The van der Waals surface area contributed by atoms with Crippen LogP contribution < -0.4 is 9.96 Å². The highest BCUT2D eigenvalue weighted by molar-refractivity contribution is 6.31. The van der Waals surface area contributed by atoms with Crippen LogP contribution in [0, 0.1) is 12.8 Å². The zero-order valence-electron chi connectivity index (χ0n) is 16.2. The van der Waals surface area contributed by atoms with E-state index in [4.69, 9.17) is 16.4 Å². The summed E-state index contributed by atoms with van der Waals surface area (Å²) in [4.78, 5) is 34.0. The molecule has 0 radical (unpaired) electrons. The largest absolute Gasteiger partial charge is 0.273 e. The monoisotopic (exact) mass is 418 g/mol. The Labute approximate surface area is 179 Å². The number of amides is 2. The fourth-order valence-electron chi connectivity index (χ4n) is 4.16. The molecule has 2 aliphatic rings. The summed E-state index contributed by atoms with van der Waals surface area (Å²) in [6.45, 7) is 2.01. The number of fused-ring (bicyclic) bond motifs is 1. The third-order valence-electron chi connectivity index (χ3n) is 5.63. The van der Waals surface area contributed by atoms with Gasteiger partial charge in [0, 0.05) is 5.02 Å². The van der Waals surface area contributed by atoms with Crippen LogP contribution in [0.25, 0.3) is 0 Å². The van der Waals surface area contributed by atoms with Crippen molar-refractivity contribution in [3.8, 4) is 0 Å². The Kier molecular flexibility index (Phi) is 4.57. The Morgan fingerprint density at radius 2 is 1.47 bits per heavy atom. The quantitative estimate of drug-likeness (QED) is 0.578. The van der Waals surface area contributed by atoms with E-state index in [2.05, 4.69) is 0 Å². The van der Waals surface area contributed by atoms with Crippen molar-refractivity contribution in [3.63, 3.8) is 0 Å². The first-order valence-corrected chi connectivity index (χ1v) is 10.1. The fraction of sp³-hybridized carbons (Fsp3) is 0.167. The topological polar surface area (TPSA) is 49.9 Å². The molecule has 0 aliphatic carbocycles. The van der Waals surface area contributed by atoms with Crippen molar-refractivity contribution in [1.82, 2.24) is 0 Å². The molecule has 0 saturated carbocycles. The van der Waals surface area contributed by atoms with E-state index in [-0.39, 0.29) is 11.8 Å². The number of imide groups is 1. The first-order chi connectivity index (χ1) is 14.5. The van der Waals surface area contributed by atoms with Crippen LogP contribution in [0.4, 0.5) is 11.4 Å². The van der Waals surface area contributed by atoms with E-state index in [1.807, 2.05) is 61.5 Å². The lowest BCUT2D eigenvalue weighted by molar-refractivity contribution is -0.126. The summed E-state index contributed by atoms with van der Waals surface area (Å²) < 4.78 is 0. The second kappa shape index (κ2) is 7.27. The Morgan fingerprint density at radius 1 is 0.800 bits per heavy atom. The molecule has 0 spiro atoms. The molecule has 2 saturated heterocycles. The number of aryl methyl sites for hydroxylation is 1. The molecule has 3 aromatic rings. The molecule has 2 aliphatic heterocycles. The van der Waals surface area contributed by atoms with Crippen LogP contribution >= 0.6 is 11.6 Å². The first-order valence-electron chi connectivity index (χ1n) is 9.75. The van der Waals surface area contributed by atoms with Crippen LogP contribution in [0.1, 0.15) is 17.2 Å². The van der Waals surface area contributed by atoms with E-state index in [0.29, 0.717) is 10.7 Å². The lowest BCUT2D eigenvalue weighted by Crippen LogP contribution is -2.37. The number of carbonyl (C=O) groups excluding carboxylic acids is 2. The maximum absolute atomic E-state index is 13.5. The highest BCUT2D eigenvalue weighted by Gasteiger charge is 2.60. The molecule has 2 fully saturated rings. The molecule has 0 unspecified atom stereocenters. The molecule has 3 aromatic carbocycles. The lowest BCUT2D eigenvalue weighted by atomic mass is 9.90. The molecular formula is C24H19ClN2O3. The van der Waals surface area contributed by atoms with Crippen molar-refractivity contribution in [2.24, 2.45) is 5.92 Å². The summed E-state index contributed by atoms with van der Waals surface area (Å²) in [5.41, 5.74) is 3.35. The zero-order valence-corrected chi connectivity index (χ0v) is 17.0. The summed E-state index contributed by atoms with van der Waals surface area (Å²) in [6.07, 6.45) is -0.875. The van der Waals surface area contributed by atoms with Crippen LogP contribution in [0.3, 0.4) is 0 Å². The number of rotatable bonds is 3. The number of benzene rings is 3. The molecule has 2 heterocycles. The maximum Gasteiger partial charge on any atom is 0.266 e. The van der Waals surface area contributed by atoms with Gasteiger partial charge in [0.25, 0.3) is 5.91 Å². The summed E-state index contributed by atoms with van der Waals surface area (Å²) in [5.74, 6) is -1.27. The van der Waals surface area contributed by atoms with E-state index in [1.165, 1.54) is 4.90 Å². The number of halogens is 1. The SMILES string of the molecule is Cc1ccc([C@@H]2[C@@H]3C(=O)N(c4ccc(Cl)cc4)C(=O)[C@H]3ON2c2ccccc2)cc1. The van der Waals surface area contributed by atoms with Gasteiger partial charge in [0.1, 0.15) is 5.92 Å². The summed E-state index contributed by atoms with van der Waals surface area (Å²) >= 11 is 5.97. The summed E-state index contributed by atoms with van der Waals surface area (Å²) in [6, 6.07) is 23.8. The van der Waals surface area contributed by atoms with Crippen molar-refractivity contribution in [2.45, 2.75) is 19.1 Å². The Balaban J connectivity index is 1.58. The molecule has 0 bridgehead atoms. The molecule has 2 amide bonds. The van der Waals surface area contributed by atoms with Gasteiger partial charge in [0.2, 0.25) is 5.91 Å². The highest BCUT2D eigenvalue weighted by atomic mass is 35.5. The van der Waals surface area contributed by atoms with E-state index in [9.17, 15) is 9.59 Å². The van der Waals surface area contributed by atoms with E-state index < -0.39 is 18.1 Å². The average molecular weight is 419 g/mol. The number of hydrogen-bond acceptors (Lipinski definition) is 4. The van der Waals surface area contributed by atoms with E-state index in [1.54, 1.807) is 29.3 Å². The van der Waals surface area contributed by atoms with Crippen molar-refractivity contribution in [3.05, 3.63) is 95.0 Å². The van der Waals surface area contributed by atoms with Crippen LogP contribution in [-0.2, 0) is 14.4 Å². The molecule has 0 aromatic heterocycles. The predicted octanol–water partition coefficient (Wildman–Crippen LogP) is 4.70. The van der Waals surface area contributed by atoms with Gasteiger partial charge >= 0.3 is 0 Å². The fourth-order valence-corrected chi connectivity index (χ4v) is 4.29. The second-order valence-corrected chi connectivity index (χ2v) is 7.99. The molecule has 0 N–H and O–H groups in total. The average Bonchev–Trinajstić information content (AvgIpc) is 3.27. The zero-order chi connectivity index (χ0) is 20.8. The number of carbonyl (C=O) groups is 2.